The molecule has 0 unspecified atom stereocenters. The Balaban J connectivity index is 1.40. The minimum Gasteiger partial charge on any atom is -0.391 e. The monoisotopic (exact) mass is 429 g/mol. The van der Waals surface area contributed by atoms with Gasteiger partial charge in [0.15, 0.2) is 0 Å². The Labute approximate surface area is 186 Å². The predicted octanol–water partition coefficient (Wildman–Crippen LogP) is 2.16. The highest BCUT2D eigenvalue weighted by Gasteiger charge is 2.40. The lowest BCUT2D eigenvalue weighted by molar-refractivity contribution is -0.122. The summed E-state index contributed by atoms with van der Waals surface area (Å²) in [6.45, 7) is 7.02. The van der Waals surface area contributed by atoms with E-state index < -0.39 is 0 Å². The summed E-state index contributed by atoms with van der Waals surface area (Å²) in [6, 6.07) is 10.9. The van der Waals surface area contributed by atoms with E-state index in [9.17, 15) is 9.90 Å². The number of rotatable bonds is 7. The van der Waals surface area contributed by atoms with Gasteiger partial charge in [0.25, 0.3) is 0 Å². The van der Waals surface area contributed by atoms with Crippen molar-refractivity contribution < 1.29 is 14.6 Å². The lowest BCUT2D eigenvalue weighted by Gasteiger charge is -2.34. The third kappa shape index (κ3) is 5.86. The number of nitrogens with zero attached hydrogens (tertiary/aromatic N) is 2. The zero-order valence-corrected chi connectivity index (χ0v) is 18.8. The van der Waals surface area contributed by atoms with Gasteiger partial charge in [-0.1, -0.05) is 30.3 Å². The predicted molar refractivity (Wildman–Crippen MR) is 122 cm³/mol. The highest BCUT2D eigenvalue weighted by atomic mass is 16.5. The van der Waals surface area contributed by atoms with E-state index >= 15 is 0 Å². The van der Waals surface area contributed by atoms with Crippen LogP contribution in [0.4, 0.5) is 0 Å². The van der Waals surface area contributed by atoms with E-state index in [0.29, 0.717) is 13.0 Å². The van der Waals surface area contributed by atoms with E-state index in [1.54, 1.807) is 0 Å². The number of hydrogen-bond donors (Lipinski definition) is 2. The van der Waals surface area contributed by atoms with Crippen LogP contribution in [-0.2, 0) is 14.9 Å². The number of carbonyl (C=O) groups is 1. The van der Waals surface area contributed by atoms with Gasteiger partial charge in [0, 0.05) is 44.1 Å². The molecule has 2 heterocycles. The molecule has 1 aromatic carbocycles. The number of aliphatic hydroxyl groups is 1. The minimum absolute atomic E-state index is 0.106. The zero-order valence-electron chi connectivity index (χ0n) is 18.8. The van der Waals surface area contributed by atoms with Crippen LogP contribution in [0, 0.1) is 0 Å². The maximum Gasteiger partial charge on any atom is 0.221 e. The van der Waals surface area contributed by atoms with Crippen LogP contribution in [0.1, 0.15) is 50.5 Å². The molecule has 2 N–H and O–H groups in total. The van der Waals surface area contributed by atoms with Gasteiger partial charge in [-0.15, -0.1) is 0 Å². The highest BCUT2D eigenvalue weighted by molar-refractivity contribution is 5.76. The largest absolute Gasteiger partial charge is 0.391 e. The number of likely N-dealkylation sites (tertiary alicyclic amines) is 1. The Morgan fingerprint density at radius 2 is 1.77 bits per heavy atom. The van der Waals surface area contributed by atoms with Crippen molar-refractivity contribution in [2.45, 2.75) is 62.5 Å². The van der Waals surface area contributed by atoms with Crippen molar-refractivity contribution in [1.82, 2.24) is 15.1 Å². The summed E-state index contributed by atoms with van der Waals surface area (Å²) >= 11 is 0. The third-order valence-corrected chi connectivity index (χ3v) is 7.66. The summed E-state index contributed by atoms with van der Waals surface area (Å²) in [5, 5.41) is 14.2. The highest BCUT2D eigenvalue weighted by Crippen LogP contribution is 2.39. The van der Waals surface area contributed by atoms with Crippen molar-refractivity contribution in [3.63, 3.8) is 0 Å². The first kappa shape index (κ1) is 22.7. The molecular weight excluding hydrogens is 390 g/mol. The topological polar surface area (TPSA) is 65.0 Å². The van der Waals surface area contributed by atoms with Crippen molar-refractivity contribution in [1.29, 1.82) is 0 Å². The second-order valence-electron chi connectivity index (χ2n) is 9.58. The van der Waals surface area contributed by atoms with Gasteiger partial charge < -0.3 is 15.2 Å². The Morgan fingerprint density at radius 1 is 1.06 bits per heavy atom. The molecule has 0 bridgehead atoms. The van der Waals surface area contributed by atoms with E-state index in [1.165, 1.54) is 18.4 Å². The molecule has 3 aliphatic rings. The summed E-state index contributed by atoms with van der Waals surface area (Å²) in [5.41, 5.74) is 1.18. The second-order valence-corrected chi connectivity index (χ2v) is 9.58. The first-order valence-corrected chi connectivity index (χ1v) is 12.2. The molecule has 2 aliphatic heterocycles. The van der Waals surface area contributed by atoms with Gasteiger partial charge in [0.2, 0.25) is 5.91 Å². The maximum atomic E-state index is 12.7. The van der Waals surface area contributed by atoms with Gasteiger partial charge in [-0.3, -0.25) is 14.6 Å². The van der Waals surface area contributed by atoms with Crippen molar-refractivity contribution in [3.8, 4) is 0 Å². The van der Waals surface area contributed by atoms with Crippen LogP contribution in [-0.4, -0.2) is 85.4 Å². The lowest BCUT2D eigenvalue weighted by Crippen LogP contribution is -2.43. The standard InChI is InChI=1S/C25H39N3O3/c29-23-9-12-25(21-6-2-1-3-7-21,11-8-22(23)28-13-4-5-14-28)20-26-24(30)10-15-27-16-18-31-19-17-27/h1-3,6-7,22-23,29H,4-5,8-20H2,(H,26,30)/t22-,23-,25-/m0/s1. The Bertz CT molecular complexity index is 689. The normalized spacial score (nSPS) is 30.7. The molecule has 0 aromatic heterocycles. The first-order valence-electron chi connectivity index (χ1n) is 12.2. The van der Waals surface area contributed by atoms with Crippen LogP contribution < -0.4 is 5.32 Å². The van der Waals surface area contributed by atoms with E-state index in [-0.39, 0.29) is 23.5 Å². The van der Waals surface area contributed by atoms with E-state index in [1.807, 2.05) is 0 Å². The molecule has 6 heteroatoms. The van der Waals surface area contributed by atoms with Gasteiger partial charge in [-0.25, -0.2) is 0 Å². The van der Waals surface area contributed by atoms with Crippen LogP contribution in [0.5, 0.6) is 0 Å². The smallest absolute Gasteiger partial charge is 0.221 e. The molecule has 1 aliphatic carbocycles. The van der Waals surface area contributed by atoms with Crippen LogP contribution >= 0.6 is 0 Å². The number of nitrogens with one attached hydrogen (secondary N) is 1. The average Bonchev–Trinajstić information content (AvgIpc) is 3.29. The average molecular weight is 430 g/mol. The minimum atomic E-state index is -0.277. The summed E-state index contributed by atoms with van der Waals surface area (Å²) in [5.74, 6) is 0.127. The van der Waals surface area contributed by atoms with Crippen molar-refractivity contribution in [2.24, 2.45) is 0 Å². The first-order chi connectivity index (χ1) is 15.2. The Kier molecular flexibility index (Phi) is 7.99. The fourth-order valence-electron chi connectivity index (χ4n) is 5.66. The fraction of sp³-hybridized carbons (Fsp3) is 0.720. The fourth-order valence-corrected chi connectivity index (χ4v) is 5.66. The number of ether oxygens (including phenoxy) is 1. The molecule has 0 radical (unpaired) electrons. The quantitative estimate of drug-likeness (QED) is 0.651. The Morgan fingerprint density at radius 3 is 2.52 bits per heavy atom. The summed E-state index contributed by atoms with van der Waals surface area (Å²) in [6.07, 6.45) is 6.42. The summed E-state index contributed by atoms with van der Waals surface area (Å²) < 4.78 is 5.40. The van der Waals surface area contributed by atoms with Crippen molar-refractivity contribution in [3.05, 3.63) is 35.9 Å². The SMILES string of the molecule is O=C(CCN1CCOCC1)NC[C@@]1(c2ccccc2)CC[C@H](O)[C@@H](N2CCCC2)CC1. The molecule has 1 saturated carbocycles. The van der Waals surface area contributed by atoms with Gasteiger partial charge in [-0.05, 0) is 57.2 Å². The van der Waals surface area contributed by atoms with Crippen LogP contribution in [0.25, 0.3) is 0 Å². The molecule has 1 amide bonds. The van der Waals surface area contributed by atoms with Crippen molar-refractivity contribution >= 4 is 5.91 Å². The summed E-state index contributed by atoms with van der Waals surface area (Å²) in [4.78, 5) is 17.5. The molecule has 3 atom stereocenters. The number of aliphatic hydroxyl groups excluding tert-OH is 1. The molecule has 2 saturated heterocycles. The zero-order chi connectivity index (χ0) is 21.5. The lowest BCUT2D eigenvalue weighted by atomic mass is 9.74. The van der Waals surface area contributed by atoms with Crippen molar-refractivity contribution in [2.75, 3.05) is 52.5 Å². The van der Waals surface area contributed by atoms with E-state index in [4.69, 9.17) is 4.74 Å². The molecule has 3 fully saturated rings. The molecule has 1 aromatic rings. The van der Waals surface area contributed by atoms with Gasteiger partial charge in [0.1, 0.15) is 0 Å². The number of morpholine rings is 1. The third-order valence-electron chi connectivity index (χ3n) is 7.66. The van der Waals surface area contributed by atoms with E-state index in [2.05, 4.69) is 45.4 Å². The van der Waals surface area contributed by atoms with Crippen LogP contribution in [0.15, 0.2) is 30.3 Å². The molecule has 6 nitrogen and oxygen atoms in total. The summed E-state index contributed by atoms with van der Waals surface area (Å²) in [7, 11) is 0. The molecule has 172 valence electrons. The van der Waals surface area contributed by atoms with Crippen LogP contribution in [0.2, 0.25) is 0 Å². The molecule has 31 heavy (non-hydrogen) atoms. The van der Waals surface area contributed by atoms with E-state index in [0.717, 1.165) is 71.6 Å². The number of amides is 1. The number of carbonyl (C=O) groups excluding carboxylic acids is 1. The number of hydrogen-bond acceptors (Lipinski definition) is 5. The molecule has 4 rings (SSSR count). The van der Waals surface area contributed by atoms with Gasteiger partial charge in [0.05, 0.1) is 19.3 Å². The maximum absolute atomic E-state index is 12.7. The van der Waals surface area contributed by atoms with Crippen LogP contribution in [0.3, 0.4) is 0 Å². The second kappa shape index (κ2) is 10.9. The molecular formula is C25H39N3O3. The molecule has 0 spiro atoms. The van der Waals surface area contributed by atoms with Gasteiger partial charge >= 0.3 is 0 Å². The van der Waals surface area contributed by atoms with Gasteiger partial charge in [-0.2, -0.15) is 0 Å². The number of benzene rings is 1. The Hall–Kier alpha value is -1.47.